The van der Waals surface area contributed by atoms with Crippen LogP contribution in [0.2, 0.25) is 0 Å². The number of hydrogen-bond donors (Lipinski definition) is 3. The lowest BCUT2D eigenvalue weighted by atomic mass is 9.92. The zero-order chi connectivity index (χ0) is 15.7. The van der Waals surface area contributed by atoms with Crippen LogP contribution in [0.15, 0.2) is 12.4 Å². The van der Waals surface area contributed by atoms with E-state index in [1.807, 2.05) is 6.92 Å². The number of fused-ring (bicyclic) bond motifs is 1. The van der Waals surface area contributed by atoms with Gasteiger partial charge in [-0.3, -0.25) is 0 Å². The zero-order valence-corrected chi connectivity index (χ0v) is 12.5. The first-order valence-electron chi connectivity index (χ1n) is 7.62. The highest BCUT2D eigenvalue weighted by atomic mass is 16.4. The maximum atomic E-state index is 11.5. The summed E-state index contributed by atoms with van der Waals surface area (Å²) >= 11 is 0. The van der Waals surface area contributed by atoms with Gasteiger partial charge in [0, 0.05) is 18.8 Å². The van der Waals surface area contributed by atoms with Crippen molar-refractivity contribution in [2.24, 2.45) is 0 Å². The zero-order valence-electron chi connectivity index (χ0n) is 12.5. The minimum Gasteiger partial charge on any atom is -0.478 e. The minimum atomic E-state index is -1.02. The van der Waals surface area contributed by atoms with E-state index in [9.17, 15) is 15.0 Å². The molecule has 1 fully saturated rings. The van der Waals surface area contributed by atoms with E-state index in [0.717, 1.165) is 19.3 Å². The van der Waals surface area contributed by atoms with Gasteiger partial charge >= 0.3 is 5.97 Å². The van der Waals surface area contributed by atoms with Gasteiger partial charge in [-0.15, -0.1) is 0 Å². The molecule has 0 aromatic carbocycles. The van der Waals surface area contributed by atoms with Crippen LogP contribution in [0, 0.1) is 0 Å². The van der Waals surface area contributed by atoms with Gasteiger partial charge in [-0.25, -0.2) is 14.5 Å². The van der Waals surface area contributed by atoms with Gasteiger partial charge < -0.3 is 15.5 Å². The van der Waals surface area contributed by atoms with Crippen molar-refractivity contribution in [1.29, 1.82) is 0 Å². The Labute approximate surface area is 128 Å². The summed E-state index contributed by atoms with van der Waals surface area (Å²) in [5.41, 5.74) is 1.37. The number of aliphatic hydroxyl groups excluding tert-OH is 1. The molecule has 7 heteroatoms. The molecule has 0 radical (unpaired) electrons. The Morgan fingerprint density at radius 2 is 2.27 bits per heavy atom. The first-order chi connectivity index (χ1) is 10.6. The van der Waals surface area contributed by atoms with Gasteiger partial charge in [0.25, 0.3) is 0 Å². The Morgan fingerprint density at radius 3 is 2.95 bits per heavy atom. The van der Waals surface area contributed by atoms with Gasteiger partial charge in [0.1, 0.15) is 5.56 Å². The molecule has 2 aromatic heterocycles. The first-order valence-corrected chi connectivity index (χ1v) is 7.62. The van der Waals surface area contributed by atoms with Crippen molar-refractivity contribution in [1.82, 2.24) is 14.8 Å². The molecule has 2 atom stereocenters. The van der Waals surface area contributed by atoms with E-state index >= 15 is 0 Å². The number of aliphatic hydroxyl groups is 1. The molecule has 3 rings (SSSR count). The Hall–Kier alpha value is -2.15. The second-order valence-corrected chi connectivity index (χ2v) is 5.71. The van der Waals surface area contributed by atoms with Crippen molar-refractivity contribution in [3.63, 3.8) is 0 Å². The second kappa shape index (κ2) is 5.92. The van der Waals surface area contributed by atoms with E-state index in [1.54, 1.807) is 10.9 Å². The molecule has 0 saturated heterocycles. The largest absolute Gasteiger partial charge is 0.478 e. The predicted octanol–water partition coefficient (Wildman–Crippen LogP) is 1.86. The number of pyridine rings is 1. The van der Waals surface area contributed by atoms with Crippen molar-refractivity contribution >= 4 is 22.7 Å². The van der Waals surface area contributed by atoms with Crippen molar-refractivity contribution in [2.75, 3.05) is 5.32 Å². The average Bonchev–Trinajstić information content (AvgIpc) is 2.90. The van der Waals surface area contributed by atoms with Gasteiger partial charge in [0.2, 0.25) is 0 Å². The number of hydrogen-bond acceptors (Lipinski definition) is 5. The van der Waals surface area contributed by atoms with Gasteiger partial charge in [-0.2, -0.15) is 5.10 Å². The van der Waals surface area contributed by atoms with Crippen LogP contribution in [0.5, 0.6) is 0 Å². The van der Waals surface area contributed by atoms with E-state index < -0.39 is 5.97 Å². The lowest BCUT2D eigenvalue weighted by Gasteiger charge is -2.28. The quantitative estimate of drug-likeness (QED) is 0.797. The van der Waals surface area contributed by atoms with Crippen LogP contribution >= 0.6 is 0 Å². The number of nitrogens with zero attached hydrogens (tertiary/aromatic N) is 3. The third-order valence-corrected chi connectivity index (χ3v) is 4.19. The Kier molecular flexibility index (Phi) is 3.98. The predicted molar refractivity (Wildman–Crippen MR) is 82.0 cm³/mol. The lowest BCUT2D eigenvalue weighted by Crippen LogP contribution is -2.30. The van der Waals surface area contributed by atoms with Crippen molar-refractivity contribution in [3.05, 3.63) is 18.0 Å². The maximum absolute atomic E-state index is 11.5. The molecule has 1 aliphatic rings. The highest BCUT2D eigenvalue weighted by Gasteiger charge is 2.24. The summed E-state index contributed by atoms with van der Waals surface area (Å²) in [6.45, 7) is 2.63. The summed E-state index contributed by atoms with van der Waals surface area (Å²) < 4.78 is 1.74. The number of nitrogens with one attached hydrogen (secondary N) is 1. The van der Waals surface area contributed by atoms with E-state index in [0.29, 0.717) is 29.7 Å². The first kappa shape index (κ1) is 14.8. The van der Waals surface area contributed by atoms with Crippen LogP contribution in [-0.4, -0.2) is 43.1 Å². The number of rotatable bonds is 4. The molecule has 0 bridgehead atoms. The molecular formula is C15H20N4O3. The molecular weight excluding hydrogens is 284 g/mol. The Morgan fingerprint density at radius 1 is 1.45 bits per heavy atom. The van der Waals surface area contributed by atoms with Crippen LogP contribution in [0.3, 0.4) is 0 Å². The molecule has 0 spiro atoms. The average molecular weight is 304 g/mol. The van der Waals surface area contributed by atoms with Crippen molar-refractivity contribution in [2.45, 2.75) is 51.3 Å². The SMILES string of the molecule is CCn1ncc2c(N[C@H]3CCC[C@H](O)C3)c(C(=O)O)cnc21. The number of aryl methyl sites for hydroxylation is 1. The van der Waals surface area contributed by atoms with Crippen LogP contribution in [0.4, 0.5) is 5.69 Å². The number of carboxylic acid groups (broad SMARTS) is 1. The van der Waals surface area contributed by atoms with Gasteiger partial charge in [-0.05, 0) is 32.6 Å². The fraction of sp³-hybridized carbons (Fsp3) is 0.533. The lowest BCUT2D eigenvalue weighted by molar-refractivity contribution is 0.0697. The van der Waals surface area contributed by atoms with Gasteiger partial charge in [0.05, 0.1) is 23.4 Å². The fourth-order valence-electron chi connectivity index (χ4n) is 3.08. The van der Waals surface area contributed by atoms with E-state index in [1.165, 1.54) is 6.20 Å². The smallest absolute Gasteiger partial charge is 0.339 e. The monoisotopic (exact) mass is 304 g/mol. The highest BCUT2D eigenvalue weighted by molar-refractivity contribution is 6.03. The third-order valence-electron chi connectivity index (χ3n) is 4.19. The minimum absolute atomic E-state index is 0.0671. The van der Waals surface area contributed by atoms with E-state index in [4.69, 9.17) is 0 Å². The van der Waals surface area contributed by atoms with Crippen molar-refractivity contribution < 1.29 is 15.0 Å². The molecule has 0 amide bonds. The molecule has 3 N–H and O–H groups in total. The molecule has 22 heavy (non-hydrogen) atoms. The summed E-state index contributed by atoms with van der Waals surface area (Å²) in [7, 11) is 0. The van der Waals surface area contributed by atoms with Gasteiger partial charge in [0.15, 0.2) is 5.65 Å². The van der Waals surface area contributed by atoms with E-state index in [-0.39, 0.29) is 17.7 Å². The topological polar surface area (TPSA) is 100 Å². The standard InChI is InChI=1S/C15H20N4O3/c1-2-19-14-11(8-17-19)13(12(7-16-14)15(21)22)18-9-4-3-5-10(20)6-9/h7-10,20H,2-6H2,1H3,(H,16,18)(H,21,22)/t9-,10-/m0/s1. The molecule has 0 unspecified atom stereocenters. The summed E-state index contributed by atoms with van der Waals surface area (Å²) in [4.78, 5) is 15.7. The van der Waals surface area contributed by atoms with Crippen LogP contribution in [0.1, 0.15) is 43.0 Å². The highest BCUT2D eigenvalue weighted by Crippen LogP contribution is 2.29. The second-order valence-electron chi connectivity index (χ2n) is 5.71. The molecule has 1 saturated carbocycles. The number of carboxylic acids is 1. The molecule has 118 valence electrons. The molecule has 7 nitrogen and oxygen atoms in total. The Bertz CT molecular complexity index is 697. The summed E-state index contributed by atoms with van der Waals surface area (Å²) in [5, 5.41) is 27.5. The number of anilines is 1. The summed E-state index contributed by atoms with van der Waals surface area (Å²) in [6.07, 6.45) is 6.00. The van der Waals surface area contributed by atoms with Gasteiger partial charge in [-0.1, -0.05) is 0 Å². The van der Waals surface area contributed by atoms with E-state index in [2.05, 4.69) is 15.4 Å². The van der Waals surface area contributed by atoms with Crippen LogP contribution < -0.4 is 5.32 Å². The molecule has 2 heterocycles. The maximum Gasteiger partial charge on any atom is 0.339 e. The summed E-state index contributed by atoms with van der Waals surface area (Å²) in [5.74, 6) is -1.02. The third kappa shape index (κ3) is 2.64. The number of aromatic carboxylic acids is 1. The normalized spacial score (nSPS) is 21.9. The molecule has 0 aliphatic heterocycles. The van der Waals surface area contributed by atoms with Crippen LogP contribution in [-0.2, 0) is 6.54 Å². The number of aromatic nitrogens is 3. The number of carbonyl (C=O) groups is 1. The molecule has 1 aliphatic carbocycles. The van der Waals surface area contributed by atoms with Crippen LogP contribution in [0.25, 0.3) is 11.0 Å². The fourth-order valence-corrected chi connectivity index (χ4v) is 3.08. The molecule has 2 aromatic rings. The Balaban J connectivity index is 2.02. The van der Waals surface area contributed by atoms with Crippen molar-refractivity contribution in [3.8, 4) is 0 Å². The summed E-state index contributed by atoms with van der Waals surface area (Å²) in [6, 6.07) is 0.0671.